The van der Waals surface area contributed by atoms with Crippen LogP contribution in [0, 0.1) is 0 Å². The highest BCUT2D eigenvalue weighted by Gasteiger charge is 2.42. The third-order valence-corrected chi connectivity index (χ3v) is 3.23. The average Bonchev–Trinajstić information content (AvgIpc) is 2.97. The maximum atomic E-state index is 6.21. The maximum absolute atomic E-state index is 6.21. The average molecular weight is 190 g/mol. The smallest absolute Gasteiger partial charge is 0.0734 e. The van der Waals surface area contributed by atoms with Crippen molar-refractivity contribution in [1.82, 2.24) is 4.98 Å². The molecule has 1 aromatic rings. The number of hydrogen-bond donors (Lipinski definition) is 1. The summed E-state index contributed by atoms with van der Waals surface area (Å²) in [7, 11) is 0. The molecule has 0 unspecified atom stereocenters. The van der Waals surface area contributed by atoms with Gasteiger partial charge in [-0.05, 0) is 36.0 Å². The Balaban J connectivity index is 2.11. The van der Waals surface area contributed by atoms with Crippen LogP contribution < -0.4 is 5.73 Å². The number of aromatic nitrogens is 1. The molecule has 0 atom stereocenters. The normalized spacial score (nSPS) is 22.9. The Morgan fingerprint density at radius 1 is 1.36 bits per heavy atom. The lowest BCUT2D eigenvalue weighted by Crippen LogP contribution is -2.24. The molecule has 0 saturated heterocycles. The number of fused-ring (bicyclic) bond motifs is 1. The lowest BCUT2D eigenvalue weighted by molar-refractivity contribution is 0.110. The van der Waals surface area contributed by atoms with Crippen molar-refractivity contribution in [2.75, 3.05) is 6.61 Å². The first-order valence-corrected chi connectivity index (χ1v) is 5.12. The highest BCUT2D eigenvalue weighted by atomic mass is 16.5. The summed E-state index contributed by atoms with van der Waals surface area (Å²) in [6.45, 7) is 1.52. The molecule has 0 spiro atoms. The minimum Gasteiger partial charge on any atom is -0.376 e. The molecule has 2 aliphatic rings. The number of nitrogens with two attached hydrogens (primary N) is 1. The molecule has 1 fully saturated rings. The zero-order valence-corrected chi connectivity index (χ0v) is 8.12. The van der Waals surface area contributed by atoms with Crippen molar-refractivity contribution in [2.45, 2.75) is 31.4 Å². The van der Waals surface area contributed by atoms with Crippen LogP contribution in [0.1, 0.15) is 29.5 Å². The summed E-state index contributed by atoms with van der Waals surface area (Å²) in [5.74, 6) is 0. The number of rotatable bonds is 1. The van der Waals surface area contributed by atoms with E-state index in [2.05, 4.69) is 4.98 Å². The Kier molecular flexibility index (Phi) is 1.66. The Bertz CT molecular complexity index is 372. The van der Waals surface area contributed by atoms with E-state index in [1.54, 1.807) is 0 Å². The predicted molar refractivity (Wildman–Crippen MR) is 52.7 cm³/mol. The Labute approximate surface area is 83.3 Å². The van der Waals surface area contributed by atoms with Crippen LogP contribution in [-0.4, -0.2) is 11.6 Å². The summed E-state index contributed by atoms with van der Waals surface area (Å²) in [6, 6.07) is 0. The van der Waals surface area contributed by atoms with Crippen LogP contribution in [0.4, 0.5) is 0 Å². The molecule has 0 amide bonds. The molecule has 3 nitrogen and oxygen atoms in total. The van der Waals surface area contributed by atoms with Crippen molar-refractivity contribution in [1.29, 1.82) is 0 Å². The van der Waals surface area contributed by atoms with E-state index < -0.39 is 0 Å². The fourth-order valence-electron chi connectivity index (χ4n) is 2.14. The topological polar surface area (TPSA) is 48.1 Å². The zero-order chi connectivity index (χ0) is 9.60. The third-order valence-electron chi connectivity index (χ3n) is 3.23. The Morgan fingerprint density at radius 2 is 2.21 bits per heavy atom. The van der Waals surface area contributed by atoms with Crippen molar-refractivity contribution >= 4 is 0 Å². The molecular weight excluding hydrogens is 176 g/mol. The van der Waals surface area contributed by atoms with Crippen LogP contribution in [-0.2, 0) is 23.3 Å². The van der Waals surface area contributed by atoms with Gasteiger partial charge in [-0.2, -0.15) is 0 Å². The van der Waals surface area contributed by atoms with Crippen LogP contribution in [0.15, 0.2) is 12.4 Å². The van der Waals surface area contributed by atoms with Crippen LogP contribution in [0.5, 0.6) is 0 Å². The lowest BCUT2D eigenvalue weighted by atomic mass is 9.94. The Morgan fingerprint density at radius 3 is 3.00 bits per heavy atom. The third kappa shape index (κ3) is 1.16. The van der Waals surface area contributed by atoms with Gasteiger partial charge in [0, 0.05) is 17.9 Å². The van der Waals surface area contributed by atoms with E-state index in [9.17, 15) is 0 Å². The van der Waals surface area contributed by atoms with E-state index in [1.807, 2.05) is 12.4 Å². The standard InChI is InChI=1S/C11H14N2O/c12-11(2-3-11)10-6-13-5-8-7-14-4-1-9(8)10/h5-6H,1-4,7,12H2. The first-order chi connectivity index (χ1) is 6.80. The molecule has 1 aliphatic carbocycles. The molecule has 14 heavy (non-hydrogen) atoms. The first kappa shape index (κ1) is 8.38. The number of hydrogen-bond acceptors (Lipinski definition) is 3. The van der Waals surface area contributed by atoms with Crippen LogP contribution in [0.2, 0.25) is 0 Å². The quantitative estimate of drug-likeness (QED) is 0.721. The SMILES string of the molecule is NC1(c2cncc3c2CCOC3)CC1. The summed E-state index contributed by atoms with van der Waals surface area (Å²) >= 11 is 0. The van der Waals surface area contributed by atoms with Crippen molar-refractivity contribution in [3.8, 4) is 0 Å². The molecule has 0 bridgehead atoms. The van der Waals surface area contributed by atoms with E-state index in [0.717, 1.165) is 25.9 Å². The van der Waals surface area contributed by atoms with Gasteiger partial charge in [0.2, 0.25) is 0 Å². The monoisotopic (exact) mass is 190 g/mol. The molecule has 1 aliphatic heterocycles. The Hall–Kier alpha value is -0.930. The van der Waals surface area contributed by atoms with Crippen molar-refractivity contribution in [2.24, 2.45) is 5.73 Å². The van der Waals surface area contributed by atoms with Gasteiger partial charge in [-0.15, -0.1) is 0 Å². The molecule has 2 heterocycles. The van der Waals surface area contributed by atoms with Crippen LogP contribution >= 0.6 is 0 Å². The van der Waals surface area contributed by atoms with E-state index >= 15 is 0 Å². The van der Waals surface area contributed by atoms with Gasteiger partial charge in [0.15, 0.2) is 0 Å². The van der Waals surface area contributed by atoms with Crippen molar-refractivity contribution in [3.63, 3.8) is 0 Å². The summed E-state index contributed by atoms with van der Waals surface area (Å²) in [4.78, 5) is 4.24. The fourth-order valence-corrected chi connectivity index (χ4v) is 2.14. The molecule has 3 rings (SSSR count). The minimum absolute atomic E-state index is 0.0598. The van der Waals surface area contributed by atoms with Gasteiger partial charge in [0.25, 0.3) is 0 Å². The van der Waals surface area contributed by atoms with E-state index in [4.69, 9.17) is 10.5 Å². The number of pyridine rings is 1. The van der Waals surface area contributed by atoms with E-state index in [-0.39, 0.29) is 5.54 Å². The molecule has 0 aromatic carbocycles. The van der Waals surface area contributed by atoms with Gasteiger partial charge in [0.05, 0.1) is 13.2 Å². The fraction of sp³-hybridized carbons (Fsp3) is 0.545. The highest BCUT2D eigenvalue weighted by Crippen LogP contribution is 2.44. The molecular formula is C11H14N2O. The van der Waals surface area contributed by atoms with Crippen molar-refractivity contribution < 1.29 is 4.74 Å². The largest absolute Gasteiger partial charge is 0.376 e. The van der Waals surface area contributed by atoms with Gasteiger partial charge in [0.1, 0.15) is 0 Å². The number of ether oxygens (including phenoxy) is 1. The van der Waals surface area contributed by atoms with Gasteiger partial charge in [-0.1, -0.05) is 0 Å². The summed E-state index contributed by atoms with van der Waals surface area (Å²) in [6.07, 6.45) is 7.05. The van der Waals surface area contributed by atoms with Crippen molar-refractivity contribution in [3.05, 3.63) is 29.1 Å². The second-order valence-corrected chi connectivity index (χ2v) is 4.28. The summed E-state index contributed by atoms with van der Waals surface area (Å²) in [5.41, 5.74) is 10.0. The molecule has 2 N–H and O–H groups in total. The summed E-state index contributed by atoms with van der Waals surface area (Å²) in [5, 5.41) is 0. The van der Waals surface area contributed by atoms with Crippen LogP contribution in [0.25, 0.3) is 0 Å². The second kappa shape index (κ2) is 2.78. The maximum Gasteiger partial charge on any atom is 0.0734 e. The highest BCUT2D eigenvalue weighted by molar-refractivity contribution is 5.40. The number of nitrogens with zero attached hydrogens (tertiary/aromatic N) is 1. The van der Waals surface area contributed by atoms with Gasteiger partial charge >= 0.3 is 0 Å². The first-order valence-electron chi connectivity index (χ1n) is 5.12. The second-order valence-electron chi connectivity index (χ2n) is 4.28. The van der Waals surface area contributed by atoms with Gasteiger partial charge in [-0.25, -0.2) is 0 Å². The molecule has 0 radical (unpaired) electrons. The minimum atomic E-state index is -0.0598. The van der Waals surface area contributed by atoms with Gasteiger partial charge < -0.3 is 10.5 Å². The zero-order valence-electron chi connectivity index (χ0n) is 8.12. The predicted octanol–water partition coefficient (Wildman–Crippen LogP) is 1.10. The van der Waals surface area contributed by atoms with Gasteiger partial charge in [-0.3, -0.25) is 4.98 Å². The molecule has 1 saturated carbocycles. The molecule has 74 valence electrons. The summed E-state index contributed by atoms with van der Waals surface area (Å²) < 4.78 is 5.40. The lowest BCUT2D eigenvalue weighted by Gasteiger charge is -2.21. The van der Waals surface area contributed by atoms with E-state index in [0.29, 0.717) is 6.61 Å². The molecule has 3 heteroatoms. The van der Waals surface area contributed by atoms with Crippen LogP contribution in [0.3, 0.4) is 0 Å². The molecule has 1 aromatic heterocycles. The van der Waals surface area contributed by atoms with E-state index in [1.165, 1.54) is 16.7 Å².